The Hall–Kier alpha value is -3.23. The highest BCUT2D eigenvalue weighted by molar-refractivity contribution is 7.21. The third-order valence-corrected chi connectivity index (χ3v) is 6.37. The van der Waals surface area contributed by atoms with Gasteiger partial charge in [0.1, 0.15) is 5.01 Å². The van der Waals surface area contributed by atoms with Gasteiger partial charge in [-0.25, -0.2) is 4.98 Å². The van der Waals surface area contributed by atoms with Crippen molar-refractivity contribution in [3.63, 3.8) is 0 Å². The van der Waals surface area contributed by atoms with Gasteiger partial charge in [-0.3, -0.25) is 0 Å². The Kier molecular flexibility index (Phi) is 3.11. The summed E-state index contributed by atoms with van der Waals surface area (Å²) in [4.78, 5) is 4.85. The maximum Gasteiger partial charge on any atom is 0.124 e. The molecule has 0 radical (unpaired) electrons. The van der Waals surface area contributed by atoms with Crippen LogP contribution in [0.15, 0.2) is 91.0 Å². The van der Waals surface area contributed by atoms with Crippen LogP contribution in [0.25, 0.3) is 53.1 Å². The summed E-state index contributed by atoms with van der Waals surface area (Å²) in [6, 6.07) is 32.5. The molecular formula is C25H15NS. The van der Waals surface area contributed by atoms with E-state index in [9.17, 15) is 0 Å². The predicted molar refractivity (Wildman–Crippen MR) is 118 cm³/mol. The number of thiazole rings is 1. The highest BCUT2D eigenvalue weighted by atomic mass is 32.1. The highest BCUT2D eigenvalue weighted by Crippen LogP contribution is 2.38. The van der Waals surface area contributed by atoms with Gasteiger partial charge in [0.25, 0.3) is 0 Å². The van der Waals surface area contributed by atoms with Crippen molar-refractivity contribution in [3.8, 4) is 10.6 Å². The first-order valence-corrected chi connectivity index (χ1v) is 9.89. The van der Waals surface area contributed by atoms with E-state index in [0.29, 0.717) is 0 Å². The van der Waals surface area contributed by atoms with Gasteiger partial charge in [0, 0.05) is 5.56 Å². The highest BCUT2D eigenvalue weighted by Gasteiger charge is 2.11. The summed E-state index contributed by atoms with van der Waals surface area (Å²) in [6.45, 7) is 0. The van der Waals surface area contributed by atoms with Crippen LogP contribution >= 0.6 is 11.3 Å². The minimum atomic E-state index is 1.07. The predicted octanol–water partition coefficient (Wildman–Crippen LogP) is 7.42. The van der Waals surface area contributed by atoms with Gasteiger partial charge in [0.2, 0.25) is 0 Å². The fraction of sp³-hybridized carbons (Fsp3) is 0. The molecule has 0 saturated carbocycles. The summed E-state index contributed by atoms with van der Waals surface area (Å²) < 4.78 is 1.23. The molecule has 6 rings (SSSR count). The molecule has 0 fully saturated rings. The molecule has 0 aliphatic heterocycles. The third kappa shape index (κ3) is 2.20. The summed E-state index contributed by atoms with van der Waals surface area (Å²) in [5.41, 5.74) is 2.25. The lowest BCUT2D eigenvalue weighted by atomic mass is 9.93. The van der Waals surface area contributed by atoms with E-state index in [2.05, 4.69) is 84.9 Å². The van der Waals surface area contributed by atoms with Gasteiger partial charge >= 0.3 is 0 Å². The maximum absolute atomic E-state index is 4.85. The van der Waals surface area contributed by atoms with Crippen LogP contribution in [0.2, 0.25) is 0 Å². The van der Waals surface area contributed by atoms with Gasteiger partial charge < -0.3 is 0 Å². The van der Waals surface area contributed by atoms with Crippen molar-refractivity contribution >= 4 is 53.9 Å². The number of rotatable bonds is 1. The van der Waals surface area contributed by atoms with Crippen LogP contribution in [-0.2, 0) is 0 Å². The van der Waals surface area contributed by atoms with Gasteiger partial charge in [-0.15, -0.1) is 11.3 Å². The topological polar surface area (TPSA) is 12.9 Å². The summed E-state index contributed by atoms with van der Waals surface area (Å²) >= 11 is 1.76. The third-order valence-electron chi connectivity index (χ3n) is 5.29. The van der Waals surface area contributed by atoms with Gasteiger partial charge in [0.05, 0.1) is 10.2 Å². The molecule has 1 heterocycles. The molecule has 0 unspecified atom stereocenters. The van der Waals surface area contributed by atoms with Crippen molar-refractivity contribution in [2.24, 2.45) is 0 Å². The smallest absolute Gasteiger partial charge is 0.124 e. The van der Waals surface area contributed by atoms with E-state index in [4.69, 9.17) is 4.98 Å². The second-order valence-electron chi connectivity index (χ2n) is 6.84. The Bertz CT molecular complexity index is 1410. The molecule has 1 nitrogen and oxygen atoms in total. The van der Waals surface area contributed by atoms with Gasteiger partial charge in [-0.1, -0.05) is 72.8 Å². The fourth-order valence-corrected chi connectivity index (χ4v) is 5.00. The quantitative estimate of drug-likeness (QED) is 0.278. The molecule has 126 valence electrons. The zero-order chi connectivity index (χ0) is 17.8. The number of fused-ring (bicyclic) bond motifs is 7. The number of aromatic nitrogens is 1. The summed E-state index contributed by atoms with van der Waals surface area (Å²) in [6.07, 6.45) is 0. The first kappa shape index (κ1) is 14.9. The number of benzene rings is 5. The van der Waals surface area contributed by atoms with Crippen molar-refractivity contribution in [1.82, 2.24) is 4.98 Å². The largest absolute Gasteiger partial charge is 0.236 e. The van der Waals surface area contributed by atoms with E-state index in [1.165, 1.54) is 42.6 Å². The fourth-order valence-electron chi connectivity index (χ4n) is 4.04. The average Bonchev–Trinajstić information content (AvgIpc) is 3.18. The molecule has 0 spiro atoms. The van der Waals surface area contributed by atoms with E-state index >= 15 is 0 Å². The van der Waals surface area contributed by atoms with Gasteiger partial charge in [-0.05, 0) is 50.5 Å². The maximum atomic E-state index is 4.85. The van der Waals surface area contributed by atoms with E-state index < -0.39 is 0 Å². The van der Waals surface area contributed by atoms with E-state index in [1.54, 1.807) is 11.3 Å². The van der Waals surface area contributed by atoms with Crippen LogP contribution in [0.1, 0.15) is 0 Å². The molecule has 6 aromatic rings. The minimum absolute atomic E-state index is 1.07. The van der Waals surface area contributed by atoms with E-state index in [1.807, 2.05) is 6.07 Å². The van der Waals surface area contributed by atoms with Crippen molar-refractivity contribution in [2.45, 2.75) is 0 Å². The van der Waals surface area contributed by atoms with E-state index in [0.717, 1.165) is 10.5 Å². The molecule has 1 aromatic heterocycles. The zero-order valence-electron chi connectivity index (χ0n) is 14.5. The van der Waals surface area contributed by atoms with Crippen LogP contribution in [0, 0.1) is 0 Å². The lowest BCUT2D eigenvalue weighted by molar-refractivity contribution is 1.48. The summed E-state index contributed by atoms with van der Waals surface area (Å²) in [5, 5.41) is 8.90. The Labute approximate surface area is 160 Å². The molecule has 5 aromatic carbocycles. The number of para-hydroxylation sites is 1. The van der Waals surface area contributed by atoms with Crippen LogP contribution in [-0.4, -0.2) is 4.98 Å². The standard InChI is InChI=1S/C25H15NS/c1-2-9-19-17(7-1)18-8-3-4-10-20(18)22-15-16(13-14-21(19)22)25-26-23-11-5-6-12-24(23)27-25/h1-15H. The Morgan fingerprint density at radius 2 is 1.07 bits per heavy atom. The lowest BCUT2D eigenvalue weighted by Crippen LogP contribution is -1.84. The molecule has 0 aliphatic carbocycles. The number of hydrogen-bond donors (Lipinski definition) is 0. The molecule has 0 bridgehead atoms. The monoisotopic (exact) mass is 361 g/mol. The Balaban J connectivity index is 1.72. The molecule has 0 aliphatic rings. The second-order valence-corrected chi connectivity index (χ2v) is 7.87. The number of hydrogen-bond acceptors (Lipinski definition) is 2. The average molecular weight is 361 g/mol. The van der Waals surface area contributed by atoms with Crippen molar-refractivity contribution in [3.05, 3.63) is 91.0 Å². The van der Waals surface area contributed by atoms with Crippen molar-refractivity contribution in [2.75, 3.05) is 0 Å². The molecule has 0 amide bonds. The van der Waals surface area contributed by atoms with Crippen LogP contribution in [0.4, 0.5) is 0 Å². The van der Waals surface area contributed by atoms with Crippen molar-refractivity contribution in [1.29, 1.82) is 0 Å². The molecule has 0 atom stereocenters. The molecule has 2 heteroatoms. The molecule has 0 N–H and O–H groups in total. The summed E-state index contributed by atoms with van der Waals surface area (Å²) in [5.74, 6) is 0. The zero-order valence-corrected chi connectivity index (χ0v) is 15.3. The van der Waals surface area contributed by atoms with Crippen molar-refractivity contribution < 1.29 is 0 Å². The summed E-state index contributed by atoms with van der Waals surface area (Å²) in [7, 11) is 0. The minimum Gasteiger partial charge on any atom is -0.236 e. The van der Waals surface area contributed by atoms with Gasteiger partial charge in [0.15, 0.2) is 0 Å². The first-order chi connectivity index (χ1) is 13.4. The normalized spacial score (nSPS) is 11.7. The molecular weight excluding hydrogens is 346 g/mol. The van der Waals surface area contributed by atoms with E-state index in [-0.39, 0.29) is 0 Å². The lowest BCUT2D eigenvalue weighted by Gasteiger charge is -2.11. The molecule has 27 heavy (non-hydrogen) atoms. The van der Waals surface area contributed by atoms with Crippen LogP contribution in [0.5, 0.6) is 0 Å². The van der Waals surface area contributed by atoms with Crippen LogP contribution in [0.3, 0.4) is 0 Å². The Morgan fingerprint density at radius 3 is 1.74 bits per heavy atom. The van der Waals surface area contributed by atoms with Gasteiger partial charge in [-0.2, -0.15) is 0 Å². The number of nitrogens with zero attached hydrogens (tertiary/aromatic N) is 1. The Morgan fingerprint density at radius 1 is 0.519 bits per heavy atom. The second kappa shape index (κ2) is 5.63. The first-order valence-electron chi connectivity index (χ1n) is 9.08. The molecule has 0 saturated heterocycles. The SMILES string of the molecule is c1ccc2sc(-c3ccc4c5ccccc5c5ccccc5c4c3)nc2c1. The van der Waals surface area contributed by atoms with Crippen LogP contribution < -0.4 is 0 Å².